The first-order chi connectivity index (χ1) is 1.00. The van der Waals surface area contributed by atoms with Crippen molar-refractivity contribution in [3.63, 3.8) is 0 Å². The fourth-order valence-corrected chi connectivity index (χ4v) is 0. The van der Waals surface area contributed by atoms with Gasteiger partial charge in [-0.15, -0.1) is 0 Å². The third-order valence-corrected chi connectivity index (χ3v) is 0. The third-order valence-electron chi connectivity index (χ3n) is 0. The second-order valence-electron chi connectivity index (χ2n) is 0. The van der Waals surface area contributed by atoms with Crippen molar-refractivity contribution in [1.82, 2.24) is 0 Å². The van der Waals surface area contributed by atoms with E-state index in [-0.39, 0.29) is 60.1 Å². The predicted octanol–water partition coefficient (Wildman–Crippen LogP) is -1.31. The predicted molar refractivity (Wildman–Crippen MR) is 10.6 cm³/mol. The van der Waals surface area contributed by atoms with Gasteiger partial charge in [0.1, 0.15) is 0 Å². The molecule has 0 fully saturated rings. The first-order valence-electron chi connectivity index (χ1n) is 0.167. The molecule has 0 aliphatic carbocycles. The SMILES string of the molecule is [BiH3].[Co].[Fe].[O]=[Mo]. The molecule has 0 atom stereocenters. The van der Waals surface area contributed by atoms with Gasteiger partial charge in [0.25, 0.3) is 0 Å². The summed E-state index contributed by atoms with van der Waals surface area (Å²) in [6, 6.07) is 0. The average Bonchev–Trinajstić information content (AvgIpc) is 1.00. The zero-order valence-electron chi connectivity index (χ0n) is 2.21. The third kappa shape index (κ3) is 21.5. The van der Waals surface area contributed by atoms with Crippen LogP contribution in [0.15, 0.2) is 0 Å². The summed E-state index contributed by atoms with van der Waals surface area (Å²) >= 11 is 0.700. The van der Waals surface area contributed by atoms with Gasteiger partial charge in [0.15, 0.2) is 0 Å². The van der Waals surface area contributed by atoms with Crippen molar-refractivity contribution >= 4 is 26.2 Å². The van der Waals surface area contributed by atoms with Crippen LogP contribution in [0.1, 0.15) is 0 Å². The van der Waals surface area contributed by atoms with E-state index in [1.807, 2.05) is 0 Å². The number of rotatable bonds is 0. The summed E-state index contributed by atoms with van der Waals surface area (Å²) in [7, 11) is 0. The molecule has 0 aromatic heterocycles. The molecular formula is H3BiCoFeMoO. The van der Waals surface area contributed by atoms with Gasteiger partial charge in [-0.05, 0) is 0 Å². The van der Waals surface area contributed by atoms with Gasteiger partial charge in [0.2, 0.25) is 0 Å². The van der Waals surface area contributed by atoms with E-state index >= 15 is 0 Å². The Hall–Kier alpha value is 2.40. The average molecular weight is 439 g/mol. The number of hydrogen-bond donors (Lipinski definition) is 0. The molecule has 0 N–H and O–H groups in total. The standard InChI is InChI=1S/Bi.Co.Fe.Mo.O.3H. The van der Waals surface area contributed by atoms with Gasteiger partial charge in [-0.25, -0.2) is 0 Å². The van der Waals surface area contributed by atoms with E-state index in [0.717, 1.165) is 0 Å². The van der Waals surface area contributed by atoms with Gasteiger partial charge in [0, 0.05) is 33.8 Å². The molecule has 0 aliphatic heterocycles. The normalized spacial score (nSPS) is 0.800. The Morgan fingerprint density at radius 1 is 1.20 bits per heavy atom. The molecule has 0 rings (SSSR count). The van der Waals surface area contributed by atoms with Crippen molar-refractivity contribution in [2.75, 3.05) is 0 Å². The zero-order chi connectivity index (χ0) is 2.00. The summed E-state index contributed by atoms with van der Waals surface area (Å²) in [6.07, 6.45) is 0. The number of hydrogen-bond acceptors (Lipinski definition) is 1. The van der Waals surface area contributed by atoms with Gasteiger partial charge >= 0.3 is 49.4 Å². The van der Waals surface area contributed by atoms with E-state index in [2.05, 4.69) is 0 Å². The van der Waals surface area contributed by atoms with Crippen molar-refractivity contribution in [2.45, 2.75) is 0 Å². The van der Waals surface area contributed by atoms with E-state index in [0.29, 0.717) is 19.8 Å². The molecule has 0 heterocycles. The minimum absolute atomic E-state index is 0. The second kappa shape index (κ2) is 32.4. The maximum atomic E-state index is 8.26. The molecule has 0 saturated heterocycles. The molecule has 0 amide bonds. The summed E-state index contributed by atoms with van der Waals surface area (Å²) in [5.41, 5.74) is 0. The summed E-state index contributed by atoms with van der Waals surface area (Å²) in [5.74, 6) is 0. The molecule has 0 aromatic carbocycles. The molecule has 5 heteroatoms. The molecule has 0 aliphatic rings. The monoisotopic (exact) mass is 441 g/mol. The van der Waals surface area contributed by atoms with Crippen molar-refractivity contribution in [2.24, 2.45) is 0 Å². The van der Waals surface area contributed by atoms with Crippen LogP contribution in [-0.4, -0.2) is 26.2 Å². The Balaban J connectivity index is -0.00000000167. The van der Waals surface area contributed by atoms with Crippen LogP contribution in [-0.2, 0) is 57.0 Å². The Morgan fingerprint density at radius 2 is 1.20 bits per heavy atom. The van der Waals surface area contributed by atoms with Crippen molar-refractivity contribution in [1.29, 1.82) is 0 Å². The topological polar surface area (TPSA) is 17.1 Å². The van der Waals surface area contributed by atoms with Gasteiger partial charge in [-0.1, -0.05) is 0 Å². The van der Waals surface area contributed by atoms with Crippen LogP contribution >= 0.6 is 0 Å². The van der Waals surface area contributed by atoms with E-state index in [4.69, 9.17) is 3.40 Å². The molecule has 5 heavy (non-hydrogen) atoms. The molecule has 1 nitrogen and oxygen atoms in total. The van der Waals surface area contributed by atoms with E-state index < -0.39 is 0 Å². The molecule has 0 spiro atoms. The summed E-state index contributed by atoms with van der Waals surface area (Å²) in [4.78, 5) is 0. The molecule has 0 unspecified atom stereocenters. The van der Waals surface area contributed by atoms with Gasteiger partial charge in [0.05, 0.1) is 0 Å². The first-order valence-corrected chi connectivity index (χ1v) is 0.986. The summed E-state index contributed by atoms with van der Waals surface area (Å²) in [5, 5.41) is 0. The zero-order valence-corrected chi connectivity index (χ0v) is 11.9. The molecule has 37 valence electrons. The van der Waals surface area contributed by atoms with E-state index in [1.54, 1.807) is 0 Å². The van der Waals surface area contributed by atoms with Crippen LogP contribution in [0, 0.1) is 0 Å². The van der Waals surface area contributed by atoms with Gasteiger partial charge in [-0.2, -0.15) is 0 Å². The molecular weight excluding hydrogens is 436 g/mol. The first kappa shape index (κ1) is 26.2. The van der Waals surface area contributed by atoms with Crippen LogP contribution in [0.5, 0.6) is 0 Å². The Bertz CT molecular complexity index is 11.6. The van der Waals surface area contributed by atoms with Gasteiger partial charge in [-0.3, -0.25) is 0 Å². The Labute approximate surface area is 82.0 Å². The minimum atomic E-state index is 0. The Morgan fingerprint density at radius 3 is 1.20 bits per heavy atom. The van der Waals surface area contributed by atoms with Crippen molar-refractivity contribution in [3.05, 3.63) is 0 Å². The van der Waals surface area contributed by atoms with Crippen LogP contribution in [0.2, 0.25) is 0 Å². The van der Waals surface area contributed by atoms with Crippen LogP contribution in [0.25, 0.3) is 0 Å². The molecule has 1 radical (unpaired) electrons. The summed E-state index contributed by atoms with van der Waals surface area (Å²) < 4.78 is 8.26. The fraction of sp³-hybridized carbons (Fsp3) is 0. The molecule has 0 saturated carbocycles. The maximum absolute atomic E-state index is 8.26. The Kier molecular flexibility index (Phi) is 170. The fourth-order valence-electron chi connectivity index (χ4n) is 0. The second-order valence-corrected chi connectivity index (χ2v) is 0. The van der Waals surface area contributed by atoms with Crippen LogP contribution in [0.4, 0.5) is 0 Å². The van der Waals surface area contributed by atoms with Gasteiger partial charge < -0.3 is 0 Å². The molecule has 0 aromatic rings. The quantitative estimate of drug-likeness (QED) is 0.429. The van der Waals surface area contributed by atoms with E-state index in [1.165, 1.54) is 0 Å². The van der Waals surface area contributed by atoms with Crippen molar-refractivity contribution < 1.29 is 57.0 Å². The van der Waals surface area contributed by atoms with Crippen molar-refractivity contribution in [3.8, 4) is 0 Å². The van der Waals surface area contributed by atoms with Crippen LogP contribution in [0.3, 0.4) is 0 Å². The van der Waals surface area contributed by atoms with E-state index in [9.17, 15) is 0 Å². The van der Waals surface area contributed by atoms with Crippen LogP contribution < -0.4 is 0 Å². The molecule has 0 bridgehead atoms. The summed E-state index contributed by atoms with van der Waals surface area (Å²) in [6.45, 7) is 0.